The van der Waals surface area contributed by atoms with Gasteiger partial charge >= 0.3 is 0 Å². The van der Waals surface area contributed by atoms with Crippen LogP contribution in [-0.2, 0) is 16.2 Å². The number of hydrogen-bond donors (Lipinski definition) is 1. The summed E-state index contributed by atoms with van der Waals surface area (Å²) in [5.41, 5.74) is 3.64. The molecule has 6 nitrogen and oxygen atoms in total. The Bertz CT molecular complexity index is 919. The molecular formula is C26H31N3O3. The molecule has 1 fully saturated rings. The smallest absolute Gasteiger partial charge is 0.148 e. The van der Waals surface area contributed by atoms with E-state index in [-0.39, 0.29) is 6.42 Å². The van der Waals surface area contributed by atoms with Crippen molar-refractivity contribution in [2.75, 3.05) is 13.7 Å². The lowest BCUT2D eigenvalue weighted by molar-refractivity contribution is -0.107. The van der Waals surface area contributed by atoms with Crippen LogP contribution in [0, 0.1) is 5.92 Å². The molecule has 0 aliphatic heterocycles. The summed E-state index contributed by atoms with van der Waals surface area (Å²) in [7, 11) is 1.82. The highest BCUT2D eigenvalue weighted by Crippen LogP contribution is 2.33. The minimum Gasteiger partial charge on any atom is -0.489 e. The zero-order chi connectivity index (χ0) is 22.6. The monoisotopic (exact) mass is 433 g/mol. The van der Waals surface area contributed by atoms with Gasteiger partial charge < -0.3 is 14.8 Å². The molecule has 0 spiro atoms. The molecule has 0 atom stereocenters. The quantitative estimate of drug-likeness (QED) is 0.166. The average molecular weight is 434 g/mol. The molecule has 168 valence electrons. The molecule has 0 radical (unpaired) electrons. The Hall–Kier alpha value is -3.41. The first kappa shape index (κ1) is 23.3. The van der Waals surface area contributed by atoms with Gasteiger partial charge in [-0.2, -0.15) is 5.10 Å². The van der Waals surface area contributed by atoms with Crippen molar-refractivity contribution in [2.45, 2.75) is 38.7 Å². The number of hydrazone groups is 1. The van der Waals surface area contributed by atoms with Gasteiger partial charge in [0.2, 0.25) is 0 Å². The van der Waals surface area contributed by atoms with E-state index in [2.05, 4.69) is 10.4 Å². The molecule has 0 aromatic heterocycles. The van der Waals surface area contributed by atoms with E-state index in [0.29, 0.717) is 19.2 Å². The van der Waals surface area contributed by atoms with E-state index in [9.17, 15) is 9.59 Å². The predicted molar refractivity (Wildman–Crippen MR) is 127 cm³/mol. The summed E-state index contributed by atoms with van der Waals surface area (Å²) in [6.07, 6.45) is 7.97. The van der Waals surface area contributed by atoms with E-state index in [1.165, 1.54) is 19.3 Å². The fourth-order valence-electron chi connectivity index (χ4n) is 3.54. The van der Waals surface area contributed by atoms with Gasteiger partial charge in [0.25, 0.3) is 0 Å². The summed E-state index contributed by atoms with van der Waals surface area (Å²) in [6, 6.07) is 17.8. The van der Waals surface area contributed by atoms with Crippen LogP contribution in [0.3, 0.4) is 0 Å². The van der Waals surface area contributed by atoms with Crippen LogP contribution in [0.15, 0.2) is 65.3 Å². The molecule has 0 heterocycles. The van der Waals surface area contributed by atoms with E-state index in [1.807, 2.05) is 61.6 Å². The number of allylic oxidation sites excluding steroid dienone is 1. The first-order chi connectivity index (χ1) is 15.7. The average Bonchev–Trinajstić information content (AvgIpc) is 2.80. The predicted octanol–water partition coefficient (Wildman–Crippen LogP) is 4.42. The summed E-state index contributed by atoms with van der Waals surface area (Å²) in [4.78, 5) is 22.4. The lowest BCUT2D eigenvalue weighted by atomic mass is 9.80. The van der Waals surface area contributed by atoms with E-state index >= 15 is 0 Å². The number of rotatable bonds is 13. The van der Waals surface area contributed by atoms with E-state index < -0.39 is 0 Å². The zero-order valence-corrected chi connectivity index (χ0v) is 18.6. The van der Waals surface area contributed by atoms with Crippen molar-refractivity contribution < 1.29 is 14.3 Å². The first-order valence-electron chi connectivity index (χ1n) is 11.1. The highest BCUT2D eigenvalue weighted by Gasteiger charge is 2.21. The van der Waals surface area contributed by atoms with Gasteiger partial charge in [-0.1, -0.05) is 49.6 Å². The maximum atomic E-state index is 12.0. The maximum absolute atomic E-state index is 12.0. The molecular weight excluding hydrogens is 402 g/mol. The van der Waals surface area contributed by atoms with Gasteiger partial charge in [-0.25, -0.2) is 0 Å². The third kappa shape index (κ3) is 7.08. The molecule has 1 aliphatic carbocycles. The molecule has 1 saturated carbocycles. The zero-order valence-electron chi connectivity index (χ0n) is 18.6. The Morgan fingerprint density at radius 2 is 1.88 bits per heavy atom. The van der Waals surface area contributed by atoms with Crippen molar-refractivity contribution in [2.24, 2.45) is 11.0 Å². The normalized spacial score (nSPS) is 14.4. The number of nitrogens with zero attached hydrogens (tertiary/aromatic N) is 2. The molecule has 3 rings (SSSR count). The Kier molecular flexibility index (Phi) is 9.05. The first-order valence-corrected chi connectivity index (χ1v) is 11.1. The molecule has 0 amide bonds. The van der Waals surface area contributed by atoms with Gasteiger partial charge in [0, 0.05) is 31.0 Å². The second-order valence-electron chi connectivity index (χ2n) is 8.01. The summed E-state index contributed by atoms with van der Waals surface area (Å²) in [5.74, 6) is 1.35. The fourth-order valence-corrected chi connectivity index (χ4v) is 3.54. The topological polar surface area (TPSA) is 71.0 Å². The standard InChI is InChI=1S/C26H31N3O3/c1-29(28-15-6-16-30)20-27-26(24(18-31)17-21-9-5-10-21)23-11-13-25(14-12-23)32-19-22-7-3-2-4-8-22/h2-4,7-8,11-16,18,21,27H,5-6,9-10,17,19-20H2,1H3/b26-24-,28-15-. The molecule has 6 heteroatoms. The number of carbonyl (C=O) groups excluding carboxylic acids is 2. The van der Waals surface area contributed by atoms with Crippen LogP contribution >= 0.6 is 0 Å². The van der Waals surface area contributed by atoms with Crippen LogP contribution in [0.4, 0.5) is 0 Å². The summed E-state index contributed by atoms with van der Waals surface area (Å²) >= 11 is 0. The number of ether oxygens (including phenoxy) is 1. The van der Waals surface area contributed by atoms with E-state index in [4.69, 9.17) is 4.74 Å². The van der Waals surface area contributed by atoms with Crippen LogP contribution < -0.4 is 10.1 Å². The minimum atomic E-state index is 0.277. The molecule has 0 saturated heterocycles. The largest absolute Gasteiger partial charge is 0.489 e. The third-order valence-electron chi connectivity index (χ3n) is 5.55. The maximum Gasteiger partial charge on any atom is 0.148 e. The molecule has 2 aromatic rings. The lowest BCUT2D eigenvalue weighted by Crippen LogP contribution is -2.28. The molecule has 0 unspecified atom stereocenters. The fraction of sp³-hybridized carbons (Fsp3) is 0.346. The van der Waals surface area contributed by atoms with Gasteiger partial charge in [0.05, 0.1) is 0 Å². The van der Waals surface area contributed by atoms with Crippen LogP contribution in [0.2, 0.25) is 0 Å². The van der Waals surface area contributed by atoms with Gasteiger partial charge in [0.15, 0.2) is 0 Å². The highest BCUT2D eigenvalue weighted by molar-refractivity contribution is 5.87. The Morgan fingerprint density at radius 3 is 2.50 bits per heavy atom. The van der Waals surface area contributed by atoms with Crippen molar-refractivity contribution in [3.05, 3.63) is 71.3 Å². The molecule has 1 N–H and O–H groups in total. The summed E-state index contributed by atoms with van der Waals surface area (Å²) < 4.78 is 5.90. The van der Waals surface area contributed by atoms with Crippen LogP contribution in [-0.4, -0.2) is 37.5 Å². The second-order valence-corrected chi connectivity index (χ2v) is 8.01. The van der Waals surface area contributed by atoms with E-state index in [1.54, 1.807) is 11.2 Å². The summed E-state index contributed by atoms with van der Waals surface area (Å²) in [6.45, 7) is 0.922. The van der Waals surface area contributed by atoms with Gasteiger partial charge in [-0.05, 0) is 47.7 Å². The Labute approximate surface area is 190 Å². The van der Waals surface area contributed by atoms with Crippen molar-refractivity contribution in [3.63, 3.8) is 0 Å². The lowest BCUT2D eigenvalue weighted by Gasteiger charge is -2.27. The van der Waals surface area contributed by atoms with Crippen molar-refractivity contribution in [3.8, 4) is 5.75 Å². The minimum absolute atomic E-state index is 0.277. The van der Waals surface area contributed by atoms with Crippen molar-refractivity contribution in [1.29, 1.82) is 0 Å². The van der Waals surface area contributed by atoms with Crippen molar-refractivity contribution >= 4 is 24.5 Å². The Morgan fingerprint density at radius 1 is 1.12 bits per heavy atom. The number of benzene rings is 2. The van der Waals surface area contributed by atoms with Crippen LogP contribution in [0.5, 0.6) is 5.75 Å². The molecule has 32 heavy (non-hydrogen) atoms. The number of carbonyl (C=O) groups is 2. The number of hydrogen-bond acceptors (Lipinski definition) is 6. The van der Waals surface area contributed by atoms with Gasteiger partial charge in [0.1, 0.15) is 31.6 Å². The Balaban J connectivity index is 1.72. The van der Waals surface area contributed by atoms with E-state index in [0.717, 1.165) is 47.1 Å². The SMILES string of the molecule is CN(CN/C(=C(\C=O)CC1CCC1)c1ccc(OCc2ccccc2)cc1)/N=C\CC=O. The number of nitrogens with one attached hydrogen (secondary N) is 1. The van der Waals surface area contributed by atoms with Crippen LogP contribution in [0.25, 0.3) is 5.70 Å². The highest BCUT2D eigenvalue weighted by atomic mass is 16.5. The van der Waals surface area contributed by atoms with Gasteiger partial charge in [-0.3, -0.25) is 9.80 Å². The van der Waals surface area contributed by atoms with Gasteiger partial charge in [-0.15, -0.1) is 0 Å². The molecule has 1 aliphatic rings. The third-order valence-corrected chi connectivity index (χ3v) is 5.55. The van der Waals surface area contributed by atoms with Crippen molar-refractivity contribution in [1.82, 2.24) is 10.3 Å². The number of aldehydes is 2. The second kappa shape index (κ2) is 12.4. The van der Waals surface area contributed by atoms with Crippen LogP contribution in [0.1, 0.15) is 43.2 Å². The molecule has 0 bridgehead atoms. The molecule has 2 aromatic carbocycles. The summed E-state index contributed by atoms with van der Waals surface area (Å²) in [5, 5.41) is 9.28.